The molecule has 1 heterocycles. The molecule has 1 aromatic rings. The van der Waals surface area contributed by atoms with Gasteiger partial charge in [0.05, 0.1) is 0 Å². The summed E-state index contributed by atoms with van der Waals surface area (Å²) in [6.45, 7) is 3.95. The zero-order chi connectivity index (χ0) is 15.2. The lowest BCUT2D eigenvalue weighted by Gasteiger charge is -2.06. The summed E-state index contributed by atoms with van der Waals surface area (Å²) in [7, 11) is 0. The number of unbranched alkanes of at least 4 members (excludes halogenated alkanes) is 3. The molecule has 0 aromatic carbocycles. The van der Waals surface area contributed by atoms with Gasteiger partial charge in [0.25, 0.3) is 0 Å². The Kier molecular flexibility index (Phi) is 6.04. The minimum Gasteiger partial charge on any atom is -0.354 e. The summed E-state index contributed by atoms with van der Waals surface area (Å²) < 4.78 is 38.5. The number of rotatable bonds is 7. The maximum Gasteiger partial charge on any atom is 0.435 e. The molecule has 7 heteroatoms. The molecule has 0 spiro atoms. The summed E-state index contributed by atoms with van der Waals surface area (Å²) >= 11 is 0. The third-order valence-electron chi connectivity index (χ3n) is 2.92. The van der Waals surface area contributed by atoms with E-state index in [-0.39, 0.29) is 12.5 Å². The molecule has 20 heavy (non-hydrogen) atoms. The number of amides is 1. The first kappa shape index (κ1) is 16.5. The van der Waals surface area contributed by atoms with Crippen LogP contribution in [0, 0.1) is 6.92 Å². The molecule has 0 saturated heterocycles. The van der Waals surface area contributed by atoms with Crippen LogP contribution in [0.25, 0.3) is 0 Å². The van der Waals surface area contributed by atoms with Crippen LogP contribution in [0.1, 0.15) is 44.0 Å². The molecule has 0 saturated carbocycles. The Labute approximate surface area is 116 Å². The number of hydrogen-bond donors (Lipinski definition) is 1. The van der Waals surface area contributed by atoms with Crippen molar-refractivity contribution in [2.24, 2.45) is 0 Å². The Balaban J connectivity index is 2.44. The van der Waals surface area contributed by atoms with Crippen LogP contribution in [0.4, 0.5) is 13.2 Å². The van der Waals surface area contributed by atoms with Crippen LogP contribution in [0.3, 0.4) is 0 Å². The number of nitrogens with zero attached hydrogens (tertiary/aromatic N) is 2. The summed E-state index contributed by atoms with van der Waals surface area (Å²) in [6, 6.07) is 0.939. The van der Waals surface area contributed by atoms with E-state index < -0.39 is 11.9 Å². The van der Waals surface area contributed by atoms with Gasteiger partial charge in [-0.3, -0.25) is 9.48 Å². The molecule has 0 unspecified atom stereocenters. The van der Waals surface area contributed by atoms with Crippen molar-refractivity contribution in [3.8, 4) is 0 Å². The number of carbonyl (C=O) groups is 1. The van der Waals surface area contributed by atoms with Crippen LogP contribution < -0.4 is 5.32 Å². The van der Waals surface area contributed by atoms with E-state index in [1.165, 1.54) is 6.92 Å². The number of aromatic nitrogens is 2. The van der Waals surface area contributed by atoms with Crippen molar-refractivity contribution < 1.29 is 18.0 Å². The van der Waals surface area contributed by atoms with Gasteiger partial charge in [0.2, 0.25) is 5.91 Å². The smallest absolute Gasteiger partial charge is 0.354 e. The quantitative estimate of drug-likeness (QED) is 0.785. The van der Waals surface area contributed by atoms with Crippen molar-refractivity contribution in [2.45, 2.75) is 52.3 Å². The molecule has 0 aliphatic rings. The van der Waals surface area contributed by atoms with E-state index in [1.807, 2.05) is 0 Å². The highest BCUT2D eigenvalue weighted by atomic mass is 19.4. The number of hydrogen-bond acceptors (Lipinski definition) is 2. The SMILES string of the molecule is CCCCCCNC(=O)Cn1nc(C(F)(F)F)cc1C. The molecule has 1 aromatic heterocycles. The van der Waals surface area contributed by atoms with Gasteiger partial charge in [0, 0.05) is 12.2 Å². The zero-order valence-electron chi connectivity index (χ0n) is 11.8. The van der Waals surface area contributed by atoms with Gasteiger partial charge >= 0.3 is 6.18 Å². The van der Waals surface area contributed by atoms with Crippen molar-refractivity contribution in [3.63, 3.8) is 0 Å². The van der Waals surface area contributed by atoms with Crippen LogP contribution in [-0.4, -0.2) is 22.2 Å². The molecule has 1 amide bonds. The molecule has 0 atom stereocenters. The Morgan fingerprint density at radius 3 is 2.60 bits per heavy atom. The lowest BCUT2D eigenvalue weighted by molar-refractivity contribution is -0.141. The average Bonchev–Trinajstić information content (AvgIpc) is 2.70. The number of carbonyl (C=O) groups excluding carboxylic acids is 1. The van der Waals surface area contributed by atoms with E-state index in [0.29, 0.717) is 12.2 Å². The second-order valence-corrected chi connectivity index (χ2v) is 4.74. The molecule has 114 valence electrons. The first-order valence-electron chi connectivity index (χ1n) is 6.73. The van der Waals surface area contributed by atoms with Gasteiger partial charge < -0.3 is 5.32 Å². The second-order valence-electron chi connectivity index (χ2n) is 4.74. The van der Waals surface area contributed by atoms with Gasteiger partial charge in [-0.15, -0.1) is 0 Å². The van der Waals surface area contributed by atoms with E-state index in [2.05, 4.69) is 17.3 Å². The predicted molar refractivity (Wildman–Crippen MR) is 69.1 cm³/mol. The Hall–Kier alpha value is -1.53. The fourth-order valence-corrected chi connectivity index (χ4v) is 1.78. The second kappa shape index (κ2) is 7.31. The highest BCUT2D eigenvalue weighted by molar-refractivity contribution is 5.75. The van der Waals surface area contributed by atoms with Crippen molar-refractivity contribution >= 4 is 5.91 Å². The lowest BCUT2D eigenvalue weighted by atomic mass is 10.2. The summed E-state index contributed by atoms with van der Waals surface area (Å²) in [6.07, 6.45) is -0.336. The monoisotopic (exact) mass is 291 g/mol. The molecule has 1 N–H and O–H groups in total. The van der Waals surface area contributed by atoms with Gasteiger partial charge in [0.15, 0.2) is 5.69 Å². The predicted octanol–water partition coefficient (Wildman–Crippen LogP) is 2.91. The van der Waals surface area contributed by atoms with E-state index in [0.717, 1.165) is 36.4 Å². The molecule has 0 bridgehead atoms. The topological polar surface area (TPSA) is 46.9 Å². The van der Waals surface area contributed by atoms with E-state index in [4.69, 9.17) is 0 Å². The fourth-order valence-electron chi connectivity index (χ4n) is 1.78. The van der Waals surface area contributed by atoms with Crippen LogP contribution >= 0.6 is 0 Å². The van der Waals surface area contributed by atoms with Crippen molar-refractivity contribution in [3.05, 3.63) is 17.5 Å². The lowest BCUT2D eigenvalue weighted by Crippen LogP contribution is -2.29. The minimum atomic E-state index is -4.48. The van der Waals surface area contributed by atoms with Gasteiger partial charge in [-0.2, -0.15) is 18.3 Å². The maximum absolute atomic E-state index is 12.5. The zero-order valence-corrected chi connectivity index (χ0v) is 11.8. The summed E-state index contributed by atoms with van der Waals surface area (Å²) in [4.78, 5) is 11.6. The van der Waals surface area contributed by atoms with Crippen molar-refractivity contribution in [2.75, 3.05) is 6.54 Å². The van der Waals surface area contributed by atoms with Crippen LogP contribution in [0.2, 0.25) is 0 Å². The third kappa shape index (κ3) is 5.22. The molecule has 1 rings (SSSR count). The molecule has 0 aliphatic carbocycles. The molecule has 0 radical (unpaired) electrons. The van der Waals surface area contributed by atoms with E-state index in [1.54, 1.807) is 0 Å². The van der Waals surface area contributed by atoms with Gasteiger partial charge in [-0.1, -0.05) is 26.2 Å². The third-order valence-corrected chi connectivity index (χ3v) is 2.92. The van der Waals surface area contributed by atoms with Crippen LogP contribution in [0.15, 0.2) is 6.07 Å². The highest BCUT2D eigenvalue weighted by Crippen LogP contribution is 2.28. The van der Waals surface area contributed by atoms with Crippen molar-refractivity contribution in [1.29, 1.82) is 0 Å². The van der Waals surface area contributed by atoms with Crippen LogP contribution in [-0.2, 0) is 17.5 Å². The van der Waals surface area contributed by atoms with Gasteiger partial charge in [0.1, 0.15) is 6.54 Å². The molecule has 0 fully saturated rings. The summed E-state index contributed by atoms with van der Waals surface area (Å²) in [5.41, 5.74) is -0.649. The number of nitrogens with one attached hydrogen (secondary N) is 1. The summed E-state index contributed by atoms with van der Waals surface area (Å²) in [5, 5.41) is 6.09. The number of halogens is 3. The molecule has 0 aliphatic heterocycles. The molecular formula is C13H20F3N3O. The van der Waals surface area contributed by atoms with E-state index >= 15 is 0 Å². The normalized spacial score (nSPS) is 11.7. The Bertz CT molecular complexity index is 441. The van der Waals surface area contributed by atoms with E-state index in [9.17, 15) is 18.0 Å². The van der Waals surface area contributed by atoms with Gasteiger partial charge in [-0.05, 0) is 19.4 Å². The minimum absolute atomic E-state index is 0.185. The first-order chi connectivity index (χ1) is 9.34. The van der Waals surface area contributed by atoms with Crippen LogP contribution in [0.5, 0.6) is 0 Å². The first-order valence-corrected chi connectivity index (χ1v) is 6.73. The van der Waals surface area contributed by atoms with Crippen molar-refractivity contribution in [1.82, 2.24) is 15.1 Å². The maximum atomic E-state index is 12.5. The highest BCUT2D eigenvalue weighted by Gasteiger charge is 2.34. The molecule has 4 nitrogen and oxygen atoms in total. The Morgan fingerprint density at radius 1 is 1.35 bits per heavy atom. The fraction of sp³-hybridized carbons (Fsp3) is 0.692. The number of alkyl halides is 3. The number of aryl methyl sites for hydroxylation is 1. The van der Waals surface area contributed by atoms with Gasteiger partial charge in [-0.25, -0.2) is 0 Å². The standard InChI is InChI=1S/C13H20F3N3O/c1-3-4-5-6-7-17-12(20)9-19-10(2)8-11(18-19)13(14,15)16/h8H,3-7,9H2,1-2H3,(H,17,20). The Morgan fingerprint density at radius 2 is 2.05 bits per heavy atom. The summed E-state index contributed by atoms with van der Waals surface area (Å²) in [5.74, 6) is -0.318. The molecular weight excluding hydrogens is 271 g/mol. The average molecular weight is 291 g/mol. The largest absolute Gasteiger partial charge is 0.435 e.